The zero-order valence-corrected chi connectivity index (χ0v) is 25.4. The third-order valence-corrected chi connectivity index (χ3v) is 8.28. The van der Waals surface area contributed by atoms with Gasteiger partial charge in [0.05, 0.1) is 10.9 Å². The highest BCUT2D eigenvalue weighted by atomic mass is 16.5. The van der Waals surface area contributed by atoms with Crippen molar-refractivity contribution in [2.24, 2.45) is 11.3 Å². The maximum Gasteiger partial charge on any atom is 0.322 e. The fraction of sp³-hybridized carbons (Fsp3) is 0.531. The first-order chi connectivity index (χ1) is 20.5. The number of ether oxygens (including phenoxy) is 1. The molecule has 1 aromatic heterocycles. The summed E-state index contributed by atoms with van der Waals surface area (Å²) in [7, 11) is 0. The second-order valence-corrected chi connectivity index (χ2v) is 11.8. The van der Waals surface area contributed by atoms with Crippen LogP contribution in [-0.2, 0) is 30.3 Å². The normalized spacial score (nSPS) is 20.1. The molecule has 0 saturated carbocycles. The highest BCUT2D eigenvalue weighted by Gasteiger charge is 2.40. The number of aromatic nitrogens is 1. The topological polar surface area (TPSA) is 150 Å². The molecule has 4 N–H and O–H groups in total. The molecule has 2 aliphatic rings. The fourth-order valence-electron chi connectivity index (χ4n) is 5.48. The Morgan fingerprint density at radius 1 is 1.14 bits per heavy atom. The molecule has 1 aromatic carbocycles. The number of amides is 3. The molecule has 11 nitrogen and oxygen atoms in total. The first-order valence-electron chi connectivity index (χ1n) is 15.1. The molecule has 0 radical (unpaired) electrons. The molecule has 2 saturated heterocycles. The van der Waals surface area contributed by atoms with Crippen molar-refractivity contribution in [3.05, 3.63) is 47.7 Å². The monoisotopic (exact) mass is 593 g/mol. The number of pyridine rings is 1. The Morgan fingerprint density at radius 2 is 1.86 bits per heavy atom. The van der Waals surface area contributed by atoms with Crippen molar-refractivity contribution >= 4 is 40.7 Å². The number of fused-ring (bicyclic) bond motifs is 1. The van der Waals surface area contributed by atoms with E-state index in [2.05, 4.69) is 29.0 Å². The SMILES string of the molecule is CCc1ccc2ccc(/C=C/C3(C(=O)NC(C(=O)NC(C)C(=O)N4CCC[C@@H](C(=O)O)N4)C(C)C)CCOCC3)cc2n1. The number of hydrogen-bond donors (Lipinski definition) is 4. The number of carboxylic acids is 1. The van der Waals surface area contributed by atoms with Crippen LogP contribution in [0.5, 0.6) is 0 Å². The number of carboxylic acid groups (broad SMARTS) is 1. The number of hydrazine groups is 1. The van der Waals surface area contributed by atoms with Crippen LogP contribution in [0, 0.1) is 11.3 Å². The van der Waals surface area contributed by atoms with Crippen LogP contribution in [0.3, 0.4) is 0 Å². The van der Waals surface area contributed by atoms with E-state index >= 15 is 0 Å². The van der Waals surface area contributed by atoms with Crippen molar-refractivity contribution in [2.45, 2.75) is 77.9 Å². The van der Waals surface area contributed by atoms with Crippen LogP contribution in [0.15, 0.2) is 36.4 Å². The molecule has 2 unspecified atom stereocenters. The van der Waals surface area contributed by atoms with Crippen LogP contribution in [0.4, 0.5) is 0 Å². The van der Waals surface area contributed by atoms with E-state index in [4.69, 9.17) is 9.72 Å². The summed E-state index contributed by atoms with van der Waals surface area (Å²) in [5.74, 6) is -2.47. The van der Waals surface area contributed by atoms with Crippen molar-refractivity contribution in [1.82, 2.24) is 26.1 Å². The summed E-state index contributed by atoms with van der Waals surface area (Å²) in [5, 5.41) is 17.3. The van der Waals surface area contributed by atoms with E-state index < -0.39 is 41.3 Å². The number of benzene rings is 1. The zero-order chi connectivity index (χ0) is 31.1. The fourth-order valence-corrected chi connectivity index (χ4v) is 5.48. The summed E-state index contributed by atoms with van der Waals surface area (Å²) >= 11 is 0. The van der Waals surface area contributed by atoms with Gasteiger partial charge in [-0.1, -0.05) is 51.1 Å². The van der Waals surface area contributed by atoms with Gasteiger partial charge in [0.2, 0.25) is 11.8 Å². The summed E-state index contributed by atoms with van der Waals surface area (Å²) < 4.78 is 5.58. The molecule has 0 bridgehead atoms. The molecule has 2 fully saturated rings. The Balaban J connectivity index is 1.47. The number of carbonyl (C=O) groups is 4. The van der Waals surface area contributed by atoms with Gasteiger partial charge in [-0.3, -0.25) is 29.2 Å². The zero-order valence-electron chi connectivity index (χ0n) is 25.4. The minimum Gasteiger partial charge on any atom is -0.480 e. The maximum absolute atomic E-state index is 13.9. The van der Waals surface area contributed by atoms with E-state index in [1.807, 2.05) is 50.3 Å². The molecule has 43 heavy (non-hydrogen) atoms. The number of rotatable bonds is 10. The summed E-state index contributed by atoms with van der Waals surface area (Å²) in [6.45, 7) is 8.46. The van der Waals surface area contributed by atoms with Crippen LogP contribution in [0.2, 0.25) is 0 Å². The Kier molecular flexibility index (Phi) is 10.5. The highest BCUT2D eigenvalue weighted by Crippen LogP contribution is 2.34. The van der Waals surface area contributed by atoms with Crippen molar-refractivity contribution in [3.63, 3.8) is 0 Å². The highest BCUT2D eigenvalue weighted by molar-refractivity contribution is 5.94. The lowest BCUT2D eigenvalue weighted by atomic mass is 9.78. The smallest absolute Gasteiger partial charge is 0.322 e. The standard InChI is InChI=1S/C32H43N5O6/c1-5-24-11-10-23-9-8-22(19-26(23)34-24)12-13-32(14-17-43-18-15-32)31(42)35-27(20(2)3)28(38)33-21(4)29(39)37-16-6-7-25(36-37)30(40)41/h8-13,19-21,25,27,36H,5-7,14-18H2,1-4H3,(H,33,38)(H,35,42)(H,40,41)/b13-12+/t21?,25-,27?/m0/s1. The third kappa shape index (κ3) is 7.77. The number of nitrogens with one attached hydrogen (secondary N) is 3. The molecule has 3 atom stereocenters. The van der Waals surface area contributed by atoms with Crippen molar-refractivity contribution in [1.29, 1.82) is 0 Å². The lowest BCUT2D eigenvalue weighted by Crippen LogP contribution is -2.61. The van der Waals surface area contributed by atoms with E-state index in [0.717, 1.165) is 28.6 Å². The van der Waals surface area contributed by atoms with E-state index in [9.17, 15) is 24.3 Å². The number of hydrogen-bond acceptors (Lipinski definition) is 7. The predicted molar refractivity (Wildman–Crippen MR) is 163 cm³/mol. The van der Waals surface area contributed by atoms with Gasteiger partial charge in [-0.15, -0.1) is 0 Å². The van der Waals surface area contributed by atoms with Crippen LogP contribution in [0.25, 0.3) is 17.0 Å². The van der Waals surface area contributed by atoms with Gasteiger partial charge in [0.25, 0.3) is 5.91 Å². The summed E-state index contributed by atoms with van der Waals surface area (Å²) in [6.07, 6.45) is 6.58. The molecular weight excluding hydrogens is 550 g/mol. The molecule has 3 heterocycles. The van der Waals surface area contributed by atoms with Crippen molar-refractivity contribution < 1.29 is 29.0 Å². The number of aliphatic carboxylic acids is 1. The molecule has 2 aromatic rings. The van der Waals surface area contributed by atoms with Crippen LogP contribution < -0.4 is 16.1 Å². The Bertz CT molecular complexity index is 1370. The van der Waals surface area contributed by atoms with Gasteiger partial charge in [-0.05, 0) is 62.6 Å². The Hall–Kier alpha value is -3.83. The predicted octanol–water partition coefficient (Wildman–Crippen LogP) is 2.83. The molecule has 0 aliphatic carbocycles. The number of nitrogens with zero attached hydrogens (tertiary/aromatic N) is 2. The second-order valence-electron chi connectivity index (χ2n) is 11.8. The van der Waals surface area contributed by atoms with Gasteiger partial charge in [0.15, 0.2) is 0 Å². The first kappa shape index (κ1) is 32.1. The number of carbonyl (C=O) groups excluding carboxylic acids is 3. The lowest BCUT2D eigenvalue weighted by molar-refractivity contribution is -0.148. The second kappa shape index (κ2) is 14.1. The summed E-state index contributed by atoms with van der Waals surface area (Å²) in [6, 6.07) is 7.45. The summed E-state index contributed by atoms with van der Waals surface area (Å²) in [5.41, 5.74) is 4.68. The van der Waals surface area contributed by atoms with Gasteiger partial charge in [-0.2, -0.15) is 0 Å². The van der Waals surface area contributed by atoms with Crippen molar-refractivity contribution in [2.75, 3.05) is 19.8 Å². The third-order valence-electron chi connectivity index (χ3n) is 8.28. The minimum atomic E-state index is -1.03. The molecule has 4 rings (SSSR count). The van der Waals surface area contributed by atoms with Gasteiger partial charge < -0.3 is 20.5 Å². The van der Waals surface area contributed by atoms with Crippen molar-refractivity contribution in [3.8, 4) is 0 Å². The van der Waals surface area contributed by atoms with E-state index in [0.29, 0.717) is 45.4 Å². The van der Waals surface area contributed by atoms with Crippen LogP contribution in [-0.4, -0.2) is 76.7 Å². The van der Waals surface area contributed by atoms with E-state index in [1.54, 1.807) is 6.92 Å². The molecule has 2 aliphatic heterocycles. The lowest BCUT2D eigenvalue weighted by Gasteiger charge is -2.36. The molecular formula is C32H43N5O6. The molecule has 0 spiro atoms. The molecule has 232 valence electrons. The van der Waals surface area contributed by atoms with E-state index in [-0.39, 0.29) is 11.8 Å². The average molecular weight is 594 g/mol. The summed E-state index contributed by atoms with van der Waals surface area (Å²) in [4.78, 5) is 56.3. The Labute approximate surface area is 252 Å². The van der Waals surface area contributed by atoms with Gasteiger partial charge in [0.1, 0.15) is 18.1 Å². The van der Waals surface area contributed by atoms with Crippen LogP contribution >= 0.6 is 0 Å². The quantitative estimate of drug-likeness (QED) is 0.329. The largest absolute Gasteiger partial charge is 0.480 e. The van der Waals surface area contributed by atoms with Crippen LogP contribution in [0.1, 0.15) is 64.6 Å². The van der Waals surface area contributed by atoms with E-state index in [1.165, 1.54) is 5.01 Å². The first-order valence-corrected chi connectivity index (χ1v) is 15.1. The van der Waals surface area contributed by atoms with Gasteiger partial charge in [-0.25, -0.2) is 5.43 Å². The average Bonchev–Trinajstić information content (AvgIpc) is 3.01. The number of aryl methyl sites for hydroxylation is 1. The van der Waals surface area contributed by atoms with Gasteiger partial charge >= 0.3 is 5.97 Å². The Morgan fingerprint density at radius 3 is 2.53 bits per heavy atom. The molecule has 11 heteroatoms. The minimum absolute atomic E-state index is 0.254. The molecule has 3 amide bonds. The maximum atomic E-state index is 13.9. The van der Waals surface area contributed by atoms with Gasteiger partial charge in [0, 0.05) is 30.8 Å².